The summed E-state index contributed by atoms with van der Waals surface area (Å²) in [5.41, 5.74) is 5.38. The largest absolute Gasteiger partial charge is 0.341 e. The van der Waals surface area contributed by atoms with E-state index in [1.165, 1.54) is 0 Å². The highest BCUT2D eigenvalue weighted by Gasteiger charge is 2.38. The summed E-state index contributed by atoms with van der Waals surface area (Å²) in [6.45, 7) is 9.70. The predicted molar refractivity (Wildman–Crippen MR) is 57.9 cm³/mol. The van der Waals surface area contributed by atoms with E-state index in [2.05, 4.69) is 13.8 Å². The molecule has 0 aromatic rings. The molecule has 0 aliphatic carbocycles. The number of nitrogens with zero attached hydrogens (tertiary/aromatic N) is 1. The van der Waals surface area contributed by atoms with Crippen LogP contribution in [-0.4, -0.2) is 29.4 Å². The molecule has 1 unspecified atom stereocenters. The number of likely N-dealkylation sites (tertiary alicyclic amines) is 1. The van der Waals surface area contributed by atoms with Crippen molar-refractivity contribution in [3.05, 3.63) is 0 Å². The van der Waals surface area contributed by atoms with E-state index in [4.69, 9.17) is 5.73 Å². The normalized spacial score (nSPS) is 28.2. The number of hydrogen-bond acceptors (Lipinski definition) is 2. The lowest BCUT2D eigenvalue weighted by molar-refractivity contribution is -0.135. The van der Waals surface area contributed by atoms with Crippen molar-refractivity contribution in [3.63, 3.8) is 0 Å². The maximum atomic E-state index is 11.9. The molecule has 1 aliphatic heterocycles. The van der Waals surface area contributed by atoms with Gasteiger partial charge in [-0.3, -0.25) is 4.79 Å². The lowest BCUT2D eigenvalue weighted by Gasteiger charge is -2.27. The summed E-state index contributed by atoms with van der Waals surface area (Å²) in [6, 6.07) is 0. The van der Waals surface area contributed by atoms with Crippen molar-refractivity contribution in [2.75, 3.05) is 13.1 Å². The van der Waals surface area contributed by atoms with Crippen LogP contribution in [0.15, 0.2) is 0 Å². The van der Waals surface area contributed by atoms with Crippen molar-refractivity contribution in [1.82, 2.24) is 4.90 Å². The molecule has 1 saturated heterocycles. The Morgan fingerprint density at radius 3 is 2.50 bits per heavy atom. The minimum Gasteiger partial charge on any atom is -0.341 e. The fourth-order valence-electron chi connectivity index (χ4n) is 1.89. The Bertz CT molecular complexity index is 232. The van der Waals surface area contributed by atoms with Gasteiger partial charge in [-0.25, -0.2) is 0 Å². The molecule has 1 atom stereocenters. The fraction of sp³-hybridized carbons (Fsp3) is 0.909. The lowest BCUT2D eigenvalue weighted by atomic mass is 9.87. The monoisotopic (exact) mass is 198 g/mol. The molecule has 0 saturated carbocycles. The smallest absolute Gasteiger partial charge is 0.242 e. The first-order valence-electron chi connectivity index (χ1n) is 5.37. The van der Waals surface area contributed by atoms with Gasteiger partial charge < -0.3 is 10.6 Å². The third-order valence-electron chi connectivity index (χ3n) is 3.25. The Morgan fingerprint density at radius 1 is 1.57 bits per heavy atom. The number of carbonyl (C=O) groups is 1. The van der Waals surface area contributed by atoms with E-state index in [-0.39, 0.29) is 5.91 Å². The second-order valence-corrected chi connectivity index (χ2v) is 5.36. The number of hydrogen-bond donors (Lipinski definition) is 1. The standard InChI is InChI=1S/C11H22N2O/c1-5-11(4)6-7-13(8-11)9(14)10(2,3)12/h5-8,12H2,1-4H3. The first-order chi connectivity index (χ1) is 6.28. The summed E-state index contributed by atoms with van der Waals surface area (Å²) in [5.74, 6) is 0.0784. The van der Waals surface area contributed by atoms with Crippen molar-refractivity contribution < 1.29 is 4.79 Å². The number of amides is 1. The van der Waals surface area contributed by atoms with E-state index in [0.29, 0.717) is 5.41 Å². The van der Waals surface area contributed by atoms with Gasteiger partial charge in [-0.2, -0.15) is 0 Å². The van der Waals surface area contributed by atoms with Gasteiger partial charge in [0.1, 0.15) is 0 Å². The third-order valence-corrected chi connectivity index (χ3v) is 3.25. The van der Waals surface area contributed by atoms with Gasteiger partial charge in [0.2, 0.25) is 5.91 Å². The van der Waals surface area contributed by atoms with Crippen molar-refractivity contribution >= 4 is 5.91 Å². The highest BCUT2D eigenvalue weighted by molar-refractivity contribution is 5.85. The molecule has 0 spiro atoms. The van der Waals surface area contributed by atoms with Gasteiger partial charge in [0.15, 0.2) is 0 Å². The quantitative estimate of drug-likeness (QED) is 0.728. The van der Waals surface area contributed by atoms with Crippen molar-refractivity contribution in [1.29, 1.82) is 0 Å². The summed E-state index contributed by atoms with van der Waals surface area (Å²) in [6.07, 6.45) is 2.23. The van der Waals surface area contributed by atoms with E-state index < -0.39 is 5.54 Å². The zero-order valence-electron chi connectivity index (χ0n) is 9.76. The second-order valence-electron chi connectivity index (χ2n) is 5.36. The van der Waals surface area contributed by atoms with Crippen LogP contribution in [0.5, 0.6) is 0 Å². The Hall–Kier alpha value is -0.570. The van der Waals surface area contributed by atoms with Crippen LogP contribution in [-0.2, 0) is 4.79 Å². The Kier molecular flexibility index (Phi) is 2.91. The van der Waals surface area contributed by atoms with Crippen LogP contribution in [0.1, 0.15) is 40.5 Å². The Labute approximate surface area is 86.6 Å². The SMILES string of the molecule is CCC1(C)CCN(C(=O)C(C)(C)N)C1. The van der Waals surface area contributed by atoms with Gasteiger partial charge in [0.05, 0.1) is 5.54 Å². The molecule has 1 rings (SSSR count). The molecule has 3 nitrogen and oxygen atoms in total. The van der Waals surface area contributed by atoms with Crippen LogP contribution in [0.25, 0.3) is 0 Å². The van der Waals surface area contributed by atoms with Crippen molar-refractivity contribution in [2.24, 2.45) is 11.1 Å². The molecule has 1 aliphatic rings. The molecule has 2 N–H and O–H groups in total. The summed E-state index contributed by atoms with van der Waals surface area (Å²) in [7, 11) is 0. The van der Waals surface area contributed by atoms with Gasteiger partial charge in [-0.15, -0.1) is 0 Å². The summed E-state index contributed by atoms with van der Waals surface area (Å²) >= 11 is 0. The highest BCUT2D eigenvalue weighted by Crippen LogP contribution is 2.33. The predicted octanol–water partition coefficient (Wildman–Crippen LogP) is 1.37. The zero-order valence-corrected chi connectivity index (χ0v) is 9.76. The van der Waals surface area contributed by atoms with Crippen LogP contribution < -0.4 is 5.73 Å². The zero-order chi connectivity index (χ0) is 11.0. The average molecular weight is 198 g/mol. The van der Waals surface area contributed by atoms with E-state index in [1.807, 2.05) is 4.90 Å². The van der Waals surface area contributed by atoms with Gasteiger partial charge in [-0.1, -0.05) is 13.8 Å². The molecule has 1 fully saturated rings. The molecule has 3 heteroatoms. The topological polar surface area (TPSA) is 46.3 Å². The number of rotatable bonds is 2. The van der Waals surface area contributed by atoms with Crippen LogP contribution >= 0.6 is 0 Å². The molecule has 0 radical (unpaired) electrons. The van der Waals surface area contributed by atoms with Gasteiger partial charge in [0, 0.05) is 13.1 Å². The molecule has 1 amide bonds. The molecule has 0 aromatic heterocycles. The summed E-state index contributed by atoms with van der Waals surface area (Å²) < 4.78 is 0. The molecule has 0 aromatic carbocycles. The Balaban J connectivity index is 2.63. The molecule has 14 heavy (non-hydrogen) atoms. The van der Waals surface area contributed by atoms with Crippen LogP contribution in [0.2, 0.25) is 0 Å². The minimum absolute atomic E-state index is 0.0784. The first kappa shape index (κ1) is 11.5. The van der Waals surface area contributed by atoms with E-state index in [0.717, 1.165) is 25.9 Å². The van der Waals surface area contributed by atoms with Crippen molar-refractivity contribution in [2.45, 2.75) is 46.1 Å². The third kappa shape index (κ3) is 2.27. The van der Waals surface area contributed by atoms with Crippen molar-refractivity contribution in [3.8, 4) is 0 Å². The lowest BCUT2D eigenvalue weighted by Crippen LogP contribution is -2.50. The second kappa shape index (κ2) is 3.54. The first-order valence-corrected chi connectivity index (χ1v) is 5.37. The molecule has 82 valence electrons. The maximum Gasteiger partial charge on any atom is 0.242 e. The number of nitrogens with two attached hydrogens (primary N) is 1. The van der Waals surface area contributed by atoms with Crippen LogP contribution in [0.4, 0.5) is 0 Å². The summed E-state index contributed by atoms with van der Waals surface area (Å²) in [5, 5.41) is 0. The van der Waals surface area contributed by atoms with Gasteiger partial charge in [-0.05, 0) is 32.1 Å². The highest BCUT2D eigenvalue weighted by atomic mass is 16.2. The average Bonchev–Trinajstić information content (AvgIpc) is 2.46. The number of carbonyl (C=O) groups excluding carboxylic acids is 1. The fourth-order valence-corrected chi connectivity index (χ4v) is 1.89. The van der Waals surface area contributed by atoms with E-state index in [9.17, 15) is 4.79 Å². The Morgan fingerprint density at radius 2 is 2.14 bits per heavy atom. The van der Waals surface area contributed by atoms with Crippen LogP contribution in [0.3, 0.4) is 0 Å². The molecular formula is C11H22N2O. The van der Waals surface area contributed by atoms with Gasteiger partial charge in [0.25, 0.3) is 0 Å². The minimum atomic E-state index is -0.723. The van der Waals surface area contributed by atoms with Crippen LogP contribution in [0, 0.1) is 5.41 Å². The molecule has 1 heterocycles. The summed E-state index contributed by atoms with van der Waals surface area (Å²) in [4.78, 5) is 13.8. The maximum absolute atomic E-state index is 11.9. The molecular weight excluding hydrogens is 176 g/mol. The van der Waals surface area contributed by atoms with E-state index in [1.54, 1.807) is 13.8 Å². The van der Waals surface area contributed by atoms with E-state index >= 15 is 0 Å². The van der Waals surface area contributed by atoms with Gasteiger partial charge >= 0.3 is 0 Å². The molecule has 0 bridgehead atoms.